The van der Waals surface area contributed by atoms with Gasteiger partial charge in [0.1, 0.15) is 0 Å². The minimum absolute atomic E-state index is 0.104. The summed E-state index contributed by atoms with van der Waals surface area (Å²) in [5, 5.41) is 3.01. The van der Waals surface area contributed by atoms with Gasteiger partial charge in [-0.25, -0.2) is 4.98 Å². The molecule has 1 aliphatic carbocycles. The summed E-state index contributed by atoms with van der Waals surface area (Å²) in [6.07, 6.45) is 2.98. The van der Waals surface area contributed by atoms with Crippen LogP contribution < -0.4 is 15.8 Å². The summed E-state index contributed by atoms with van der Waals surface area (Å²) in [6.45, 7) is 5.60. The Morgan fingerprint density at radius 2 is 2.09 bits per heavy atom. The zero-order chi connectivity index (χ0) is 15.5. The van der Waals surface area contributed by atoms with Gasteiger partial charge in [0, 0.05) is 44.0 Å². The van der Waals surface area contributed by atoms with Gasteiger partial charge in [0.15, 0.2) is 0 Å². The summed E-state index contributed by atoms with van der Waals surface area (Å²) in [6, 6.07) is 1.96. The molecule has 2 fully saturated rings. The minimum Gasteiger partial charge on any atom is -0.352 e. The van der Waals surface area contributed by atoms with E-state index in [0.29, 0.717) is 18.5 Å². The molecule has 0 bridgehead atoms. The SMILES string of the molecule is CCc1cc(=O)[nH]c(N2CCN(CC(=O)NC3CC3)CC2)n1. The van der Waals surface area contributed by atoms with Crippen molar-refractivity contribution in [1.82, 2.24) is 20.2 Å². The molecule has 2 heterocycles. The largest absolute Gasteiger partial charge is 0.352 e. The summed E-state index contributed by atoms with van der Waals surface area (Å²) < 4.78 is 0. The predicted molar refractivity (Wildman–Crippen MR) is 84.1 cm³/mol. The van der Waals surface area contributed by atoms with Crippen LogP contribution in [-0.2, 0) is 11.2 Å². The molecule has 0 atom stereocenters. The first kappa shape index (κ1) is 15.0. The number of nitrogens with zero attached hydrogens (tertiary/aromatic N) is 3. The molecule has 1 aromatic heterocycles. The number of hydrogen-bond donors (Lipinski definition) is 2. The van der Waals surface area contributed by atoms with E-state index in [1.807, 2.05) is 6.92 Å². The van der Waals surface area contributed by atoms with E-state index in [1.165, 1.54) is 0 Å². The highest BCUT2D eigenvalue weighted by molar-refractivity contribution is 5.78. The van der Waals surface area contributed by atoms with E-state index in [9.17, 15) is 9.59 Å². The van der Waals surface area contributed by atoms with Gasteiger partial charge in [0.2, 0.25) is 11.9 Å². The van der Waals surface area contributed by atoms with Gasteiger partial charge in [-0.1, -0.05) is 6.92 Å². The Balaban J connectivity index is 1.53. The second kappa shape index (κ2) is 6.48. The number of nitrogens with one attached hydrogen (secondary N) is 2. The van der Waals surface area contributed by atoms with E-state index in [0.717, 1.165) is 51.1 Å². The maximum absolute atomic E-state index is 11.8. The quantitative estimate of drug-likeness (QED) is 0.783. The van der Waals surface area contributed by atoms with Crippen molar-refractivity contribution in [3.63, 3.8) is 0 Å². The second-order valence-electron chi connectivity index (χ2n) is 6.02. The summed E-state index contributed by atoms with van der Waals surface area (Å²) in [5.74, 6) is 0.766. The van der Waals surface area contributed by atoms with Crippen LogP contribution >= 0.6 is 0 Å². The number of hydrogen-bond acceptors (Lipinski definition) is 5. The highest BCUT2D eigenvalue weighted by Crippen LogP contribution is 2.18. The molecule has 1 aliphatic heterocycles. The lowest BCUT2D eigenvalue weighted by molar-refractivity contribution is -0.122. The van der Waals surface area contributed by atoms with Crippen LogP contribution in [0.25, 0.3) is 0 Å². The van der Waals surface area contributed by atoms with Crippen LogP contribution in [0.15, 0.2) is 10.9 Å². The molecule has 1 aromatic rings. The van der Waals surface area contributed by atoms with Crippen LogP contribution in [0.5, 0.6) is 0 Å². The van der Waals surface area contributed by atoms with E-state index >= 15 is 0 Å². The van der Waals surface area contributed by atoms with Crippen molar-refractivity contribution >= 4 is 11.9 Å². The lowest BCUT2D eigenvalue weighted by atomic mass is 10.3. The van der Waals surface area contributed by atoms with Gasteiger partial charge in [-0.15, -0.1) is 0 Å². The van der Waals surface area contributed by atoms with E-state index in [4.69, 9.17) is 0 Å². The molecule has 0 unspecified atom stereocenters. The van der Waals surface area contributed by atoms with Crippen LogP contribution in [0, 0.1) is 0 Å². The van der Waals surface area contributed by atoms with Gasteiger partial charge in [-0.2, -0.15) is 0 Å². The molecule has 2 aliphatic rings. The number of H-pyrrole nitrogens is 1. The standard InChI is InChI=1S/C15H23N5O2/c1-2-11-9-13(21)18-15(17-11)20-7-5-19(6-8-20)10-14(22)16-12-3-4-12/h9,12H,2-8,10H2,1H3,(H,16,22)(H,17,18,21). The average molecular weight is 305 g/mol. The molecule has 0 spiro atoms. The first-order chi connectivity index (χ1) is 10.6. The van der Waals surface area contributed by atoms with Crippen molar-refractivity contribution in [3.8, 4) is 0 Å². The lowest BCUT2D eigenvalue weighted by Crippen LogP contribution is -2.50. The molecule has 22 heavy (non-hydrogen) atoms. The Morgan fingerprint density at radius 3 is 2.73 bits per heavy atom. The smallest absolute Gasteiger partial charge is 0.252 e. The van der Waals surface area contributed by atoms with Crippen LogP contribution in [-0.4, -0.2) is 59.5 Å². The number of aromatic nitrogens is 2. The van der Waals surface area contributed by atoms with Gasteiger partial charge >= 0.3 is 0 Å². The molecule has 7 heteroatoms. The molecule has 1 saturated heterocycles. The highest BCUT2D eigenvalue weighted by Gasteiger charge is 2.25. The Morgan fingerprint density at radius 1 is 1.36 bits per heavy atom. The summed E-state index contributed by atoms with van der Waals surface area (Å²) in [4.78, 5) is 35.0. The molecule has 3 rings (SSSR count). The molecule has 120 valence electrons. The minimum atomic E-state index is -0.104. The van der Waals surface area contributed by atoms with Crippen molar-refractivity contribution in [2.75, 3.05) is 37.6 Å². The zero-order valence-corrected chi connectivity index (χ0v) is 13.0. The summed E-state index contributed by atoms with van der Waals surface area (Å²) >= 11 is 0. The first-order valence-electron chi connectivity index (χ1n) is 8.01. The molecule has 0 aromatic carbocycles. The number of aromatic amines is 1. The fourth-order valence-corrected chi connectivity index (χ4v) is 2.65. The Kier molecular flexibility index (Phi) is 4.42. The van der Waals surface area contributed by atoms with Crippen LogP contribution in [0.4, 0.5) is 5.95 Å². The van der Waals surface area contributed by atoms with Crippen molar-refractivity contribution in [3.05, 3.63) is 22.1 Å². The average Bonchev–Trinajstić information content (AvgIpc) is 3.31. The van der Waals surface area contributed by atoms with E-state index in [2.05, 4.69) is 25.1 Å². The normalized spacial score (nSPS) is 19.2. The van der Waals surface area contributed by atoms with Gasteiger partial charge in [0.25, 0.3) is 5.56 Å². The van der Waals surface area contributed by atoms with E-state index < -0.39 is 0 Å². The van der Waals surface area contributed by atoms with Crippen molar-refractivity contribution in [2.45, 2.75) is 32.2 Å². The first-order valence-corrected chi connectivity index (χ1v) is 8.01. The fraction of sp³-hybridized carbons (Fsp3) is 0.667. The van der Waals surface area contributed by atoms with Crippen LogP contribution in [0.3, 0.4) is 0 Å². The second-order valence-corrected chi connectivity index (χ2v) is 6.02. The Hall–Kier alpha value is -1.89. The van der Waals surface area contributed by atoms with Gasteiger partial charge in [-0.3, -0.25) is 19.5 Å². The third-order valence-electron chi connectivity index (χ3n) is 4.13. The van der Waals surface area contributed by atoms with Crippen LogP contribution in [0.2, 0.25) is 0 Å². The fourth-order valence-electron chi connectivity index (χ4n) is 2.65. The number of aryl methyl sites for hydroxylation is 1. The molecular weight excluding hydrogens is 282 g/mol. The zero-order valence-electron chi connectivity index (χ0n) is 13.0. The third kappa shape index (κ3) is 3.85. The summed E-state index contributed by atoms with van der Waals surface area (Å²) in [7, 11) is 0. The summed E-state index contributed by atoms with van der Waals surface area (Å²) in [5.41, 5.74) is 0.707. The third-order valence-corrected chi connectivity index (χ3v) is 4.13. The monoisotopic (exact) mass is 305 g/mol. The number of carbonyl (C=O) groups is 1. The Bertz CT molecular complexity index is 588. The maximum atomic E-state index is 11.8. The molecule has 1 amide bonds. The van der Waals surface area contributed by atoms with E-state index in [-0.39, 0.29) is 11.5 Å². The number of anilines is 1. The molecule has 2 N–H and O–H groups in total. The molecule has 1 saturated carbocycles. The predicted octanol–water partition coefficient (Wildman–Crippen LogP) is -0.267. The number of amides is 1. The van der Waals surface area contributed by atoms with Crippen molar-refractivity contribution in [1.29, 1.82) is 0 Å². The van der Waals surface area contributed by atoms with Crippen molar-refractivity contribution in [2.24, 2.45) is 0 Å². The van der Waals surface area contributed by atoms with Gasteiger partial charge < -0.3 is 10.2 Å². The van der Waals surface area contributed by atoms with Gasteiger partial charge in [-0.05, 0) is 19.3 Å². The maximum Gasteiger partial charge on any atom is 0.252 e. The molecule has 0 radical (unpaired) electrons. The van der Waals surface area contributed by atoms with E-state index in [1.54, 1.807) is 6.07 Å². The lowest BCUT2D eigenvalue weighted by Gasteiger charge is -2.34. The van der Waals surface area contributed by atoms with Gasteiger partial charge in [0.05, 0.1) is 6.54 Å². The number of rotatable bonds is 5. The molecule has 7 nitrogen and oxygen atoms in total. The number of carbonyl (C=O) groups excluding carboxylic acids is 1. The van der Waals surface area contributed by atoms with Crippen molar-refractivity contribution < 1.29 is 4.79 Å². The van der Waals surface area contributed by atoms with Crippen LogP contribution in [0.1, 0.15) is 25.5 Å². The Labute approximate surface area is 129 Å². The topological polar surface area (TPSA) is 81.3 Å². The molecular formula is C15H23N5O2. The number of piperazine rings is 1. The highest BCUT2D eigenvalue weighted by atomic mass is 16.2.